The largest absolute Gasteiger partial charge is 0.494 e. The van der Waals surface area contributed by atoms with Crippen LogP contribution in [0.15, 0.2) is 17.3 Å². The normalized spacial score (nSPS) is 9.38. The summed E-state index contributed by atoms with van der Waals surface area (Å²) in [5.41, 5.74) is -0.324. The average molecular weight is 183 g/mol. The van der Waals surface area contributed by atoms with E-state index in [4.69, 9.17) is 0 Å². The Morgan fingerprint density at radius 1 is 1.54 bits per heavy atom. The molecule has 0 fully saturated rings. The fraction of sp³-hybridized carbons (Fsp3) is 0.125. The minimum absolute atomic E-state index is 0.0444. The standard InChI is InChI=1S/C8H6FNO3/c1-13-7-3-5(4-11)2-6(9)8(7)10-12/h2-4H,1H3. The van der Waals surface area contributed by atoms with Crippen LogP contribution in [0.3, 0.4) is 0 Å². The molecule has 0 heterocycles. The van der Waals surface area contributed by atoms with E-state index in [-0.39, 0.29) is 11.3 Å². The van der Waals surface area contributed by atoms with Gasteiger partial charge in [-0.2, -0.15) is 0 Å². The number of carbonyl (C=O) groups is 1. The van der Waals surface area contributed by atoms with Crippen LogP contribution in [0.1, 0.15) is 10.4 Å². The van der Waals surface area contributed by atoms with Crippen LogP contribution < -0.4 is 4.74 Å². The van der Waals surface area contributed by atoms with E-state index in [1.54, 1.807) is 0 Å². The Morgan fingerprint density at radius 3 is 2.69 bits per heavy atom. The second-order valence-electron chi connectivity index (χ2n) is 2.26. The van der Waals surface area contributed by atoms with Gasteiger partial charge >= 0.3 is 0 Å². The summed E-state index contributed by atoms with van der Waals surface area (Å²) >= 11 is 0. The first-order valence-corrected chi connectivity index (χ1v) is 3.39. The number of hydrogen-bond acceptors (Lipinski definition) is 4. The quantitative estimate of drug-likeness (QED) is 0.532. The Balaban J connectivity index is 3.36. The highest BCUT2D eigenvalue weighted by atomic mass is 19.1. The van der Waals surface area contributed by atoms with Gasteiger partial charge in [-0.05, 0) is 17.3 Å². The number of benzene rings is 1. The van der Waals surface area contributed by atoms with Crippen molar-refractivity contribution in [3.8, 4) is 5.75 Å². The molecule has 1 aromatic rings. The molecule has 0 aliphatic carbocycles. The molecule has 0 saturated heterocycles. The lowest BCUT2D eigenvalue weighted by atomic mass is 10.2. The molecule has 0 atom stereocenters. The predicted octanol–water partition coefficient (Wildman–Crippen LogP) is 2.04. The Morgan fingerprint density at radius 2 is 2.23 bits per heavy atom. The van der Waals surface area contributed by atoms with Crippen LogP contribution in [0.4, 0.5) is 10.1 Å². The first kappa shape index (κ1) is 9.31. The van der Waals surface area contributed by atoms with Crippen molar-refractivity contribution in [3.05, 3.63) is 28.4 Å². The number of hydrogen-bond donors (Lipinski definition) is 0. The van der Waals surface area contributed by atoms with Crippen molar-refractivity contribution in [1.29, 1.82) is 0 Å². The molecule has 0 spiro atoms. The number of ether oxygens (including phenoxy) is 1. The summed E-state index contributed by atoms with van der Waals surface area (Å²) in [5, 5.41) is 2.45. The van der Waals surface area contributed by atoms with E-state index in [0.717, 1.165) is 6.07 Å². The fourth-order valence-corrected chi connectivity index (χ4v) is 0.906. The molecule has 1 aromatic carbocycles. The molecule has 0 unspecified atom stereocenters. The van der Waals surface area contributed by atoms with E-state index >= 15 is 0 Å². The molecule has 1 rings (SSSR count). The lowest BCUT2D eigenvalue weighted by molar-refractivity contribution is 0.112. The van der Waals surface area contributed by atoms with E-state index in [2.05, 4.69) is 9.91 Å². The summed E-state index contributed by atoms with van der Waals surface area (Å²) in [4.78, 5) is 20.4. The molecule has 68 valence electrons. The van der Waals surface area contributed by atoms with E-state index in [9.17, 15) is 14.1 Å². The van der Waals surface area contributed by atoms with Gasteiger partial charge in [-0.3, -0.25) is 4.79 Å². The minimum atomic E-state index is -0.864. The zero-order valence-electron chi connectivity index (χ0n) is 6.78. The first-order valence-electron chi connectivity index (χ1n) is 3.39. The van der Waals surface area contributed by atoms with E-state index in [1.807, 2.05) is 0 Å². The van der Waals surface area contributed by atoms with E-state index < -0.39 is 11.5 Å². The number of carbonyl (C=O) groups excluding carboxylic acids is 1. The zero-order chi connectivity index (χ0) is 9.84. The summed E-state index contributed by atoms with van der Waals surface area (Å²) in [6.45, 7) is 0. The maximum absolute atomic E-state index is 13.0. The maximum Gasteiger partial charge on any atom is 0.185 e. The van der Waals surface area contributed by atoms with Gasteiger partial charge in [0, 0.05) is 5.56 Å². The highest BCUT2D eigenvalue weighted by Gasteiger charge is 2.11. The maximum atomic E-state index is 13.0. The molecule has 0 N–H and O–H groups in total. The lowest BCUT2D eigenvalue weighted by Crippen LogP contribution is -1.90. The highest BCUT2D eigenvalue weighted by molar-refractivity contribution is 5.77. The van der Waals surface area contributed by atoms with Crippen LogP contribution >= 0.6 is 0 Å². The van der Waals surface area contributed by atoms with Crippen molar-refractivity contribution in [2.45, 2.75) is 0 Å². The predicted molar refractivity (Wildman–Crippen MR) is 43.8 cm³/mol. The molecule has 0 saturated carbocycles. The SMILES string of the molecule is COc1cc(C=O)cc(F)c1N=O. The molecule has 4 nitrogen and oxygen atoms in total. The van der Waals surface area contributed by atoms with E-state index in [1.165, 1.54) is 13.2 Å². The third kappa shape index (κ3) is 1.69. The number of rotatable bonds is 3. The van der Waals surface area contributed by atoms with Crippen molar-refractivity contribution in [3.63, 3.8) is 0 Å². The molecule has 0 aliphatic heterocycles. The summed E-state index contributed by atoms with van der Waals surface area (Å²) in [6.07, 6.45) is 0.459. The van der Waals surface area contributed by atoms with Gasteiger partial charge < -0.3 is 4.74 Å². The topological polar surface area (TPSA) is 55.7 Å². The number of halogens is 1. The van der Waals surface area contributed by atoms with Gasteiger partial charge in [-0.1, -0.05) is 0 Å². The zero-order valence-corrected chi connectivity index (χ0v) is 6.78. The molecule has 0 amide bonds. The molecule has 0 aliphatic rings. The van der Waals surface area contributed by atoms with Gasteiger partial charge in [-0.25, -0.2) is 4.39 Å². The third-order valence-electron chi connectivity index (χ3n) is 1.50. The number of nitrogens with zero attached hydrogens (tertiary/aromatic N) is 1. The van der Waals surface area contributed by atoms with Crippen LogP contribution in [0.2, 0.25) is 0 Å². The summed E-state index contributed by atoms with van der Waals surface area (Å²) in [6, 6.07) is 2.17. The van der Waals surface area contributed by atoms with E-state index in [0.29, 0.717) is 6.29 Å². The Bertz CT molecular complexity index is 351. The number of nitroso groups, excluding NO2 is 1. The molecule has 0 aromatic heterocycles. The first-order chi connectivity index (χ1) is 6.22. The third-order valence-corrected chi connectivity index (χ3v) is 1.50. The van der Waals surface area contributed by atoms with Gasteiger partial charge in [0.1, 0.15) is 6.29 Å². The van der Waals surface area contributed by atoms with Gasteiger partial charge in [0.25, 0.3) is 0 Å². The average Bonchev–Trinajstić information content (AvgIpc) is 2.16. The van der Waals surface area contributed by atoms with Crippen molar-refractivity contribution < 1.29 is 13.9 Å². The van der Waals surface area contributed by atoms with Crippen LogP contribution in [0.25, 0.3) is 0 Å². The molecule has 0 bridgehead atoms. The smallest absolute Gasteiger partial charge is 0.185 e. The summed E-state index contributed by atoms with van der Waals surface area (Å²) < 4.78 is 17.6. The van der Waals surface area contributed by atoms with Gasteiger partial charge in [0.2, 0.25) is 0 Å². The lowest BCUT2D eigenvalue weighted by Gasteiger charge is -2.03. The summed E-state index contributed by atoms with van der Waals surface area (Å²) in [5.74, 6) is -0.909. The Labute approximate surface area is 73.3 Å². The second-order valence-corrected chi connectivity index (χ2v) is 2.26. The molecular formula is C8H6FNO3. The number of aldehydes is 1. The monoisotopic (exact) mass is 183 g/mol. The molecule has 13 heavy (non-hydrogen) atoms. The molecule has 5 heteroatoms. The fourth-order valence-electron chi connectivity index (χ4n) is 0.906. The van der Waals surface area contributed by atoms with Crippen LogP contribution in [0.5, 0.6) is 5.75 Å². The van der Waals surface area contributed by atoms with Gasteiger partial charge in [-0.15, -0.1) is 4.91 Å². The van der Waals surface area contributed by atoms with Crippen LogP contribution in [0, 0.1) is 10.7 Å². The summed E-state index contributed by atoms with van der Waals surface area (Å²) in [7, 11) is 1.26. The van der Waals surface area contributed by atoms with Crippen molar-refractivity contribution in [2.75, 3.05) is 7.11 Å². The molecule has 0 radical (unpaired) electrons. The Hall–Kier alpha value is -1.78. The highest BCUT2D eigenvalue weighted by Crippen LogP contribution is 2.30. The van der Waals surface area contributed by atoms with Crippen LogP contribution in [-0.4, -0.2) is 13.4 Å². The second kappa shape index (κ2) is 3.75. The Kier molecular flexibility index (Phi) is 2.69. The van der Waals surface area contributed by atoms with Crippen molar-refractivity contribution in [2.24, 2.45) is 5.18 Å². The van der Waals surface area contributed by atoms with Crippen molar-refractivity contribution >= 4 is 12.0 Å². The molecular weight excluding hydrogens is 177 g/mol. The van der Waals surface area contributed by atoms with Crippen LogP contribution in [-0.2, 0) is 0 Å². The minimum Gasteiger partial charge on any atom is -0.494 e. The number of methoxy groups -OCH3 is 1. The van der Waals surface area contributed by atoms with Gasteiger partial charge in [0.15, 0.2) is 17.3 Å². The van der Waals surface area contributed by atoms with Gasteiger partial charge in [0.05, 0.1) is 7.11 Å². The van der Waals surface area contributed by atoms with Crippen molar-refractivity contribution in [1.82, 2.24) is 0 Å².